The molecule has 5 nitrogen and oxygen atoms in total. The molecule has 0 fully saturated rings. The summed E-state index contributed by atoms with van der Waals surface area (Å²) in [5, 5.41) is 6.68. The number of anilines is 1. The van der Waals surface area contributed by atoms with Crippen molar-refractivity contribution < 1.29 is 13.7 Å². The summed E-state index contributed by atoms with van der Waals surface area (Å²) in [7, 11) is 0. The first-order chi connectivity index (χ1) is 9.81. The van der Waals surface area contributed by atoms with Gasteiger partial charge in [-0.25, -0.2) is 4.39 Å². The molecule has 0 saturated heterocycles. The monoisotopic (exact) mass is 355 g/mol. The number of aryl methyl sites for hydroxylation is 2. The molecule has 0 radical (unpaired) electrons. The molecule has 0 bridgehead atoms. The molecule has 2 aromatic rings. The third kappa shape index (κ3) is 3.07. The van der Waals surface area contributed by atoms with Crippen molar-refractivity contribution in [2.24, 2.45) is 0 Å². The Balaban J connectivity index is 2.24. The van der Waals surface area contributed by atoms with Crippen molar-refractivity contribution >= 4 is 27.5 Å². The van der Waals surface area contributed by atoms with Gasteiger partial charge in [0.2, 0.25) is 0 Å². The maximum absolute atomic E-state index is 13.3. The minimum atomic E-state index is -0.572. The first kappa shape index (κ1) is 15.5. The van der Waals surface area contributed by atoms with Crippen LogP contribution in [0.3, 0.4) is 0 Å². The van der Waals surface area contributed by atoms with E-state index >= 15 is 0 Å². The highest BCUT2D eigenvalue weighted by molar-refractivity contribution is 9.10. The lowest BCUT2D eigenvalue weighted by Crippen LogP contribution is -2.27. The van der Waals surface area contributed by atoms with Gasteiger partial charge in [0.15, 0.2) is 0 Å². The average molecular weight is 356 g/mol. The van der Waals surface area contributed by atoms with Gasteiger partial charge in [0.25, 0.3) is 5.91 Å². The molecular formula is C14H15BrFN3O2. The van der Waals surface area contributed by atoms with E-state index in [-0.39, 0.29) is 23.2 Å². The maximum atomic E-state index is 13.3. The topological polar surface area (TPSA) is 81.2 Å². The van der Waals surface area contributed by atoms with E-state index in [0.29, 0.717) is 10.2 Å². The number of hydrogen-bond donors (Lipinski definition) is 2. The summed E-state index contributed by atoms with van der Waals surface area (Å²) >= 11 is 3.16. The number of nitrogens with zero attached hydrogens (tertiary/aromatic N) is 1. The molecule has 1 unspecified atom stereocenters. The first-order valence-electron chi connectivity index (χ1n) is 6.29. The minimum Gasteiger partial charge on any atom is -0.396 e. The van der Waals surface area contributed by atoms with Crippen LogP contribution in [-0.2, 0) is 0 Å². The third-order valence-electron chi connectivity index (χ3n) is 3.20. The van der Waals surface area contributed by atoms with E-state index in [9.17, 15) is 9.18 Å². The number of benzene rings is 1. The molecule has 0 spiro atoms. The lowest BCUT2D eigenvalue weighted by Gasteiger charge is -2.15. The zero-order valence-electron chi connectivity index (χ0n) is 11.8. The molecule has 0 aliphatic carbocycles. The van der Waals surface area contributed by atoms with Gasteiger partial charge in [-0.1, -0.05) is 5.16 Å². The highest BCUT2D eigenvalue weighted by atomic mass is 79.9. The Morgan fingerprint density at radius 2 is 2.14 bits per heavy atom. The van der Waals surface area contributed by atoms with E-state index in [0.717, 1.165) is 11.3 Å². The van der Waals surface area contributed by atoms with Crippen molar-refractivity contribution in [3.05, 3.63) is 45.0 Å². The Kier molecular flexibility index (Phi) is 4.32. The number of carbonyl (C=O) groups excluding carboxylic acids is 1. The zero-order valence-corrected chi connectivity index (χ0v) is 13.4. The summed E-state index contributed by atoms with van der Waals surface area (Å²) in [5.74, 6) is -0.281. The van der Waals surface area contributed by atoms with Gasteiger partial charge >= 0.3 is 0 Å². The van der Waals surface area contributed by atoms with Crippen LogP contribution in [-0.4, -0.2) is 11.1 Å². The minimum absolute atomic E-state index is 0.0756. The van der Waals surface area contributed by atoms with E-state index in [2.05, 4.69) is 26.4 Å². The summed E-state index contributed by atoms with van der Waals surface area (Å²) in [6, 6.07) is 2.18. The Hall–Kier alpha value is -1.89. The SMILES string of the molecule is Cc1noc(C)c1C(C)NC(=O)c1cc(N)c(F)cc1Br. The number of nitrogen functional groups attached to an aromatic ring is 1. The fraction of sp³-hybridized carbons (Fsp3) is 0.286. The van der Waals surface area contributed by atoms with E-state index < -0.39 is 5.82 Å². The van der Waals surface area contributed by atoms with Gasteiger partial charge < -0.3 is 15.6 Å². The lowest BCUT2D eigenvalue weighted by molar-refractivity contribution is 0.0939. The van der Waals surface area contributed by atoms with Gasteiger partial charge in [-0.2, -0.15) is 0 Å². The Labute approximate surface area is 129 Å². The molecule has 1 aromatic carbocycles. The van der Waals surface area contributed by atoms with Gasteiger partial charge in [-0.3, -0.25) is 4.79 Å². The number of nitrogens with one attached hydrogen (secondary N) is 1. The number of hydrogen-bond acceptors (Lipinski definition) is 4. The Morgan fingerprint density at radius 3 is 2.71 bits per heavy atom. The maximum Gasteiger partial charge on any atom is 0.252 e. The van der Waals surface area contributed by atoms with Gasteiger partial charge in [-0.15, -0.1) is 0 Å². The molecule has 112 valence electrons. The van der Waals surface area contributed by atoms with Crippen molar-refractivity contribution in [2.75, 3.05) is 5.73 Å². The van der Waals surface area contributed by atoms with Crippen LogP contribution >= 0.6 is 15.9 Å². The molecule has 1 amide bonds. The number of aromatic nitrogens is 1. The lowest BCUT2D eigenvalue weighted by atomic mass is 10.1. The molecule has 1 atom stereocenters. The van der Waals surface area contributed by atoms with E-state index in [1.54, 1.807) is 13.8 Å². The van der Waals surface area contributed by atoms with Crippen LogP contribution in [0.1, 0.15) is 40.3 Å². The predicted molar refractivity (Wildman–Crippen MR) is 80.4 cm³/mol. The van der Waals surface area contributed by atoms with E-state index in [4.69, 9.17) is 10.3 Å². The zero-order chi connectivity index (χ0) is 15.7. The quantitative estimate of drug-likeness (QED) is 0.827. The molecule has 2 rings (SSSR count). The van der Waals surface area contributed by atoms with Gasteiger partial charge in [0.1, 0.15) is 11.6 Å². The number of halogens is 2. The molecule has 0 aliphatic rings. The second-order valence-corrected chi connectivity index (χ2v) is 5.64. The summed E-state index contributed by atoms with van der Waals surface area (Å²) < 4.78 is 18.7. The van der Waals surface area contributed by atoms with Crippen molar-refractivity contribution in [3.8, 4) is 0 Å². The van der Waals surface area contributed by atoms with Crippen LogP contribution < -0.4 is 11.1 Å². The van der Waals surface area contributed by atoms with Crippen LogP contribution in [0.2, 0.25) is 0 Å². The molecule has 7 heteroatoms. The van der Waals surface area contributed by atoms with Gasteiger partial charge in [0.05, 0.1) is 23.0 Å². The van der Waals surface area contributed by atoms with Crippen molar-refractivity contribution in [1.82, 2.24) is 10.5 Å². The molecular weight excluding hydrogens is 341 g/mol. The number of amides is 1. The summed E-state index contributed by atoms with van der Waals surface area (Å²) in [6.07, 6.45) is 0. The summed E-state index contributed by atoms with van der Waals surface area (Å²) in [4.78, 5) is 12.3. The highest BCUT2D eigenvalue weighted by Crippen LogP contribution is 2.25. The molecule has 0 aliphatic heterocycles. The summed E-state index contributed by atoms with van der Waals surface area (Å²) in [6.45, 7) is 5.41. The fourth-order valence-electron chi connectivity index (χ4n) is 2.19. The van der Waals surface area contributed by atoms with E-state index in [1.807, 2.05) is 6.92 Å². The van der Waals surface area contributed by atoms with Crippen molar-refractivity contribution in [3.63, 3.8) is 0 Å². The molecule has 0 saturated carbocycles. The number of rotatable bonds is 3. The first-order valence-corrected chi connectivity index (χ1v) is 7.08. The predicted octanol–water partition coefficient (Wildman–Crippen LogP) is 3.27. The third-order valence-corrected chi connectivity index (χ3v) is 3.86. The van der Waals surface area contributed by atoms with Gasteiger partial charge in [-0.05, 0) is 48.8 Å². The molecule has 1 heterocycles. The molecule has 21 heavy (non-hydrogen) atoms. The largest absolute Gasteiger partial charge is 0.396 e. The highest BCUT2D eigenvalue weighted by Gasteiger charge is 2.20. The van der Waals surface area contributed by atoms with Crippen LogP contribution in [0.15, 0.2) is 21.1 Å². The molecule has 1 aromatic heterocycles. The number of nitrogens with two attached hydrogens (primary N) is 1. The van der Waals surface area contributed by atoms with Crippen LogP contribution in [0.5, 0.6) is 0 Å². The van der Waals surface area contributed by atoms with Crippen LogP contribution in [0.4, 0.5) is 10.1 Å². The molecule has 3 N–H and O–H groups in total. The Morgan fingerprint density at radius 1 is 1.48 bits per heavy atom. The summed E-state index contributed by atoms with van der Waals surface area (Å²) in [5.41, 5.74) is 7.24. The second kappa shape index (κ2) is 5.85. The number of carbonyl (C=O) groups is 1. The smallest absolute Gasteiger partial charge is 0.252 e. The second-order valence-electron chi connectivity index (χ2n) is 4.79. The van der Waals surface area contributed by atoms with Crippen molar-refractivity contribution in [1.29, 1.82) is 0 Å². The van der Waals surface area contributed by atoms with Crippen molar-refractivity contribution in [2.45, 2.75) is 26.8 Å². The fourth-order valence-corrected chi connectivity index (χ4v) is 2.69. The van der Waals surface area contributed by atoms with Crippen LogP contribution in [0, 0.1) is 19.7 Å². The average Bonchev–Trinajstić information content (AvgIpc) is 2.73. The Bertz CT molecular complexity index is 680. The normalized spacial score (nSPS) is 12.2. The van der Waals surface area contributed by atoms with E-state index in [1.165, 1.54) is 12.1 Å². The van der Waals surface area contributed by atoms with Gasteiger partial charge in [0, 0.05) is 10.0 Å². The standard InChI is InChI=1S/C14H15BrFN3O2/c1-6(13-7(2)19-21-8(13)3)18-14(20)9-4-12(17)11(16)5-10(9)15/h4-6H,17H2,1-3H3,(H,18,20). The van der Waals surface area contributed by atoms with Crippen LogP contribution in [0.25, 0.3) is 0 Å².